The maximum Gasteiger partial charge on any atom is 0.115 e. The van der Waals surface area contributed by atoms with Gasteiger partial charge < -0.3 is 10.0 Å². The standard InChI is InChI=1S/C15H21NO/c1-10-13-4-3-7-16(2)15(13)8-11-5-6-12(17)9-14(10)11/h5-6,9-10,13,15,17H,3-4,7-8H2,1-2H3/t10-,13-,15+/m0/s1. The van der Waals surface area contributed by atoms with Gasteiger partial charge in [0.15, 0.2) is 0 Å². The van der Waals surface area contributed by atoms with Gasteiger partial charge in [-0.05, 0) is 68.0 Å². The number of likely N-dealkylation sites (N-methyl/N-ethyl adjacent to an activating group) is 1. The smallest absolute Gasteiger partial charge is 0.115 e. The van der Waals surface area contributed by atoms with Crippen molar-refractivity contribution in [3.8, 4) is 5.75 Å². The van der Waals surface area contributed by atoms with Gasteiger partial charge in [0.2, 0.25) is 0 Å². The number of rotatable bonds is 0. The summed E-state index contributed by atoms with van der Waals surface area (Å²) in [6, 6.07) is 6.62. The molecule has 3 rings (SSSR count). The molecule has 1 saturated heterocycles. The van der Waals surface area contributed by atoms with Crippen LogP contribution in [-0.2, 0) is 6.42 Å². The second-order valence-electron chi connectivity index (χ2n) is 5.73. The zero-order valence-corrected chi connectivity index (χ0v) is 10.7. The van der Waals surface area contributed by atoms with E-state index in [-0.39, 0.29) is 0 Å². The van der Waals surface area contributed by atoms with E-state index in [9.17, 15) is 5.11 Å². The summed E-state index contributed by atoms with van der Waals surface area (Å²) in [7, 11) is 2.26. The summed E-state index contributed by atoms with van der Waals surface area (Å²) in [6.45, 7) is 3.57. The second kappa shape index (κ2) is 4.02. The van der Waals surface area contributed by atoms with E-state index in [0.717, 1.165) is 12.3 Å². The van der Waals surface area contributed by atoms with Gasteiger partial charge >= 0.3 is 0 Å². The topological polar surface area (TPSA) is 23.5 Å². The highest BCUT2D eigenvalue weighted by molar-refractivity contribution is 5.40. The fraction of sp³-hybridized carbons (Fsp3) is 0.600. The normalized spacial score (nSPS) is 32.9. The number of phenolic OH excluding ortho intramolecular Hbond substituents is 1. The molecule has 1 N–H and O–H groups in total. The van der Waals surface area contributed by atoms with Crippen LogP contribution in [0.1, 0.15) is 36.8 Å². The minimum atomic E-state index is 0.415. The van der Waals surface area contributed by atoms with Gasteiger partial charge in [0.25, 0.3) is 0 Å². The van der Waals surface area contributed by atoms with Gasteiger partial charge in [-0.3, -0.25) is 0 Å². The molecular weight excluding hydrogens is 210 g/mol. The van der Waals surface area contributed by atoms with Crippen LogP contribution in [0.2, 0.25) is 0 Å². The molecule has 0 aromatic heterocycles. The first-order chi connectivity index (χ1) is 8.16. The third-order valence-electron chi connectivity index (χ3n) is 4.80. The molecular formula is C15H21NO. The molecule has 0 amide bonds. The van der Waals surface area contributed by atoms with Crippen LogP contribution in [0.15, 0.2) is 18.2 Å². The van der Waals surface area contributed by atoms with Crippen molar-refractivity contribution in [1.82, 2.24) is 4.90 Å². The molecule has 1 aromatic rings. The Balaban J connectivity index is 2.00. The second-order valence-corrected chi connectivity index (χ2v) is 5.73. The van der Waals surface area contributed by atoms with Gasteiger partial charge in [-0.25, -0.2) is 0 Å². The highest BCUT2D eigenvalue weighted by atomic mass is 16.3. The van der Waals surface area contributed by atoms with E-state index in [2.05, 4.69) is 24.9 Å². The first kappa shape index (κ1) is 11.1. The van der Waals surface area contributed by atoms with E-state index in [1.807, 2.05) is 12.1 Å². The largest absolute Gasteiger partial charge is 0.508 e. The first-order valence-electron chi connectivity index (χ1n) is 6.69. The molecule has 1 heterocycles. The third-order valence-corrected chi connectivity index (χ3v) is 4.80. The van der Waals surface area contributed by atoms with Gasteiger partial charge in [-0.15, -0.1) is 0 Å². The molecule has 0 unspecified atom stereocenters. The molecule has 92 valence electrons. The Kier molecular flexibility index (Phi) is 2.62. The number of hydrogen-bond acceptors (Lipinski definition) is 2. The lowest BCUT2D eigenvalue weighted by Gasteiger charge is -2.46. The van der Waals surface area contributed by atoms with Crippen molar-refractivity contribution in [3.63, 3.8) is 0 Å². The fourth-order valence-corrected chi connectivity index (χ4v) is 3.80. The number of piperidine rings is 1. The molecule has 17 heavy (non-hydrogen) atoms. The Morgan fingerprint density at radius 2 is 2.18 bits per heavy atom. The van der Waals surface area contributed by atoms with Crippen molar-refractivity contribution in [2.75, 3.05) is 13.6 Å². The number of nitrogens with zero attached hydrogens (tertiary/aromatic N) is 1. The van der Waals surface area contributed by atoms with Crippen molar-refractivity contribution in [2.45, 2.75) is 38.1 Å². The monoisotopic (exact) mass is 231 g/mol. The minimum Gasteiger partial charge on any atom is -0.508 e. The predicted octanol–water partition coefficient (Wildman–Crippen LogP) is 2.76. The molecule has 3 atom stereocenters. The highest BCUT2D eigenvalue weighted by Crippen LogP contribution is 2.43. The fourth-order valence-electron chi connectivity index (χ4n) is 3.80. The molecule has 1 aromatic carbocycles. The number of phenols is 1. The Bertz CT molecular complexity index is 429. The van der Waals surface area contributed by atoms with Crippen molar-refractivity contribution < 1.29 is 5.11 Å². The van der Waals surface area contributed by atoms with E-state index in [4.69, 9.17) is 0 Å². The van der Waals surface area contributed by atoms with E-state index < -0.39 is 0 Å². The summed E-state index contributed by atoms with van der Waals surface area (Å²) in [5.41, 5.74) is 2.81. The maximum absolute atomic E-state index is 9.64. The van der Waals surface area contributed by atoms with E-state index in [1.165, 1.54) is 30.5 Å². The molecule has 2 aliphatic rings. The Morgan fingerprint density at radius 1 is 1.35 bits per heavy atom. The minimum absolute atomic E-state index is 0.415. The number of likely N-dealkylation sites (tertiary alicyclic amines) is 1. The molecule has 0 spiro atoms. The van der Waals surface area contributed by atoms with Gasteiger partial charge in [-0.1, -0.05) is 13.0 Å². The lowest BCUT2D eigenvalue weighted by Crippen LogP contribution is -2.48. The molecule has 0 radical (unpaired) electrons. The highest BCUT2D eigenvalue weighted by Gasteiger charge is 2.38. The molecule has 2 heteroatoms. The molecule has 2 nitrogen and oxygen atoms in total. The maximum atomic E-state index is 9.64. The SMILES string of the molecule is C[C@@H]1c2cc(O)ccc2C[C@@H]2[C@H]1CCCN2C. The molecule has 0 bridgehead atoms. The number of hydrogen-bond donors (Lipinski definition) is 1. The van der Waals surface area contributed by atoms with E-state index in [0.29, 0.717) is 17.7 Å². The lowest BCUT2D eigenvalue weighted by molar-refractivity contribution is 0.0965. The van der Waals surface area contributed by atoms with Gasteiger partial charge in [0.1, 0.15) is 5.75 Å². The third kappa shape index (κ3) is 1.75. The zero-order chi connectivity index (χ0) is 12.0. The van der Waals surface area contributed by atoms with Gasteiger partial charge in [-0.2, -0.15) is 0 Å². The Labute approximate surface area is 103 Å². The van der Waals surface area contributed by atoms with Crippen LogP contribution in [0.4, 0.5) is 0 Å². The molecule has 1 aliphatic heterocycles. The van der Waals surface area contributed by atoms with Crippen LogP contribution in [0.5, 0.6) is 5.75 Å². The van der Waals surface area contributed by atoms with Crippen LogP contribution in [0.3, 0.4) is 0 Å². The van der Waals surface area contributed by atoms with Crippen molar-refractivity contribution in [1.29, 1.82) is 0 Å². The van der Waals surface area contributed by atoms with Crippen molar-refractivity contribution >= 4 is 0 Å². The number of fused-ring (bicyclic) bond motifs is 2. The summed E-state index contributed by atoms with van der Waals surface area (Å²) in [5, 5.41) is 9.64. The molecule has 0 saturated carbocycles. The Hall–Kier alpha value is -1.02. The average Bonchev–Trinajstić information content (AvgIpc) is 2.32. The van der Waals surface area contributed by atoms with Crippen LogP contribution < -0.4 is 0 Å². The number of aromatic hydroxyl groups is 1. The van der Waals surface area contributed by atoms with Crippen molar-refractivity contribution in [2.24, 2.45) is 5.92 Å². The Morgan fingerprint density at radius 3 is 3.00 bits per heavy atom. The molecule has 1 aliphatic carbocycles. The summed E-state index contributed by atoms with van der Waals surface area (Å²) < 4.78 is 0. The van der Waals surface area contributed by atoms with Gasteiger partial charge in [0.05, 0.1) is 0 Å². The average molecular weight is 231 g/mol. The molecule has 1 fully saturated rings. The summed E-state index contributed by atoms with van der Waals surface area (Å²) in [6.07, 6.45) is 3.81. The van der Waals surface area contributed by atoms with Crippen LogP contribution >= 0.6 is 0 Å². The van der Waals surface area contributed by atoms with E-state index >= 15 is 0 Å². The zero-order valence-electron chi connectivity index (χ0n) is 10.7. The van der Waals surface area contributed by atoms with Crippen molar-refractivity contribution in [3.05, 3.63) is 29.3 Å². The van der Waals surface area contributed by atoms with Crippen LogP contribution in [0, 0.1) is 5.92 Å². The van der Waals surface area contributed by atoms with E-state index in [1.54, 1.807) is 0 Å². The first-order valence-corrected chi connectivity index (χ1v) is 6.69. The summed E-state index contributed by atoms with van der Waals surface area (Å²) >= 11 is 0. The van der Waals surface area contributed by atoms with Gasteiger partial charge in [0, 0.05) is 6.04 Å². The van der Waals surface area contributed by atoms with Crippen LogP contribution in [-0.4, -0.2) is 29.6 Å². The number of benzene rings is 1. The summed E-state index contributed by atoms with van der Waals surface area (Å²) in [4.78, 5) is 2.53. The van der Waals surface area contributed by atoms with Crippen LogP contribution in [0.25, 0.3) is 0 Å². The quantitative estimate of drug-likeness (QED) is 0.742. The lowest BCUT2D eigenvalue weighted by atomic mass is 9.69. The predicted molar refractivity (Wildman–Crippen MR) is 69.4 cm³/mol. The summed E-state index contributed by atoms with van der Waals surface area (Å²) in [5.74, 6) is 1.76.